The molecule has 0 unspecified atom stereocenters. The van der Waals surface area contributed by atoms with Crippen LogP contribution < -0.4 is 10.9 Å². The number of nitrogens with zero attached hydrogens (tertiary/aromatic N) is 2. The molecule has 0 bridgehead atoms. The van der Waals surface area contributed by atoms with Crippen molar-refractivity contribution in [1.29, 1.82) is 0 Å². The fraction of sp³-hybridized carbons (Fsp3) is 0.500. The summed E-state index contributed by atoms with van der Waals surface area (Å²) in [4.78, 5) is 30.2. The SMILES string of the molecule is CCCCNC(=O)[C@@H](CCC)Sc1nc(C)c(Cc2ccccc2)c(=O)n1C. The van der Waals surface area contributed by atoms with Crippen molar-refractivity contribution in [3.63, 3.8) is 0 Å². The summed E-state index contributed by atoms with van der Waals surface area (Å²) >= 11 is 1.39. The minimum atomic E-state index is -0.237. The zero-order valence-electron chi connectivity index (χ0n) is 17.3. The van der Waals surface area contributed by atoms with Crippen molar-refractivity contribution in [2.24, 2.45) is 7.05 Å². The van der Waals surface area contributed by atoms with Crippen LogP contribution in [0.5, 0.6) is 0 Å². The molecule has 2 rings (SSSR count). The van der Waals surface area contributed by atoms with E-state index in [0.717, 1.165) is 36.9 Å². The summed E-state index contributed by atoms with van der Waals surface area (Å²) in [5.41, 5.74) is 2.48. The van der Waals surface area contributed by atoms with Gasteiger partial charge in [0.15, 0.2) is 5.16 Å². The lowest BCUT2D eigenvalue weighted by atomic mass is 10.1. The summed E-state index contributed by atoms with van der Waals surface area (Å²) in [6, 6.07) is 9.93. The maximum atomic E-state index is 12.9. The first-order valence-corrected chi connectivity index (χ1v) is 10.9. The standard InChI is InChI=1S/C22H31N3O2S/c1-5-7-14-23-20(26)19(11-6-2)28-22-24-16(3)18(21(27)25(22)4)15-17-12-9-8-10-13-17/h8-10,12-13,19H,5-7,11,14-15H2,1-4H3,(H,23,26)/t19-/m1/s1. The van der Waals surface area contributed by atoms with Gasteiger partial charge in [-0.1, -0.05) is 68.8 Å². The van der Waals surface area contributed by atoms with Crippen LogP contribution in [0.25, 0.3) is 0 Å². The van der Waals surface area contributed by atoms with Gasteiger partial charge in [-0.25, -0.2) is 4.98 Å². The van der Waals surface area contributed by atoms with E-state index in [1.807, 2.05) is 37.3 Å². The van der Waals surface area contributed by atoms with Gasteiger partial charge in [0.1, 0.15) is 0 Å². The summed E-state index contributed by atoms with van der Waals surface area (Å²) in [6.45, 7) is 6.73. The minimum absolute atomic E-state index is 0.0283. The van der Waals surface area contributed by atoms with E-state index in [1.165, 1.54) is 11.8 Å². The molecule has 1 atom stereocenters. The van der Waals surface area contributed by atoms with Crippen molar-refractivity contribution in [3.05, 3.63) is 57.5 Å². The van der Waals surface area contributed by atoms with Crippen molar-refractivity contribution < 1.29 is 4.79 Å². The summed E-state index contributed by atoms with van der Waals surface area (Å²) in [6.07, 6.45) is 4.23. The molecule has 1 aromatic heterocycles. The summed E-state index contributed by atoms with van der Waals surface area (Å²) in [7, 11) is 1.74. The van der Waals surface area contributed by atoms with E-state index in [1.54, 1.807) is 11.6 Å². The van der Waals surface area contributed by atoms with Crippen LogP contribution >= 0.6 is 11.8 Å². The highest BCUT2D eigenvalue weighted by molar-refractivity contribution is 8.00. The van der Waals surface area contributed by atoms with E-state index < -0.39 is 0 Å². The molecule has 1 N–H and O–H groups in total. The molecule has 0 saturated heterocycles. The Morgan fingerprint density at radius 2 is 1.93 bits per heavy atom. The molecule has 1 aromatic carbocycles. The maximum Gasteiger partial charge on any atom is 0.257 e. The number of unbranched alkanes of at least 4 members (excludes halogenated alkanes) is 1. The van der Waals surface area contributed by atoms with Gasteiger partial charge >= 0.3 is 0 Å². The number of carbonyl (C=O) groups excluding carboxylic acids is 1. The smallest absolute Gasteiger partial charge is 0.257 e. The average Bonchev–Trinajstić information content (AvgIpc) is 2.69. The molecular formula is C22H31N3O2S. The third kappa shape index (κ3) is 5.96. The Balaban J connectivity index is 2.22. The second-order valence-corrected chi connectivity index (χ2v) is 8.19. The molecule has 0 aliphatic heterocycles. The van der Waals surface area contributed by atoms with Crippen molar-refractivity contribution in [1.82, 2.24) is 14.9 Å². The Labute approximate surface area is 172 Å². The van der Waals surface area contributed by atoms with Gasteiger partial charge in [-0.3, -0.25) is 14.2 Å². The third-order valence-electron chi connectivity index (χ3n) is 4.69. The summed E-state index contributed by atoms with van der Waals surface area (Å²) < 4.78 is 1.58. The molecule has 1 heterocycles. The predicted octanol–water partition coefficient (Wildman–Crippen LogP) is 3.86. The van der Waals surface area contributed by atoms with Crippen LogP contribution in [0.3, 0.4) is 0 Å². The number of rotatable bonds is 10. The summed E-state index contributed by atoms with van der Waals surface area (Å²) in [5, 5.41) is 3.37. The van der Waals surface area contributed by atoms with Crippen molar-refractivity contribution in [3.8, 4) is 0 Å². The number of benzene rings is 1. The lowest BCUT2D eigenvalue weighted by Crippen LogP contribution is -2.34. The van der Waals surface area contributed by atoms with Gasteiger partial charge in [0, 0.05) is 31.3 Å². The van der Waals surface area contributed by atoms with Crippen LogP contribution in [0.15, 0.2) is 40.3 Å². The van der Waals surface area contributed by atoms with E-state index >= 15 is 0 Å². The highest BCUT2D eigenvalue weighted by Crippen LogP contribution is 2.25. The number of hydrogen-bond donors (Lipinski definition) is 1. The quantitative estimate of drug-likeness (QED) is 0.373. The monoisotopic (exact) mass is 401 g/mol. The molecule has 6 heteroatoms. The Bertz CT molecular complexity index is 834. The first-order valence-electron chi connectivity index (χ1n) is 10.0. The lowest BCUT2D eigenvalue weighted by Gasteiger charge is -2.18. The van der Waals surface area contributed by atoms with Crippen LogP contribution in [-0.4, -0.2) is 27.3 Å². The molecule has 2 aromatic rings. The zero-order valence-corrected chi connectivity index (χ0v) is 18.1. The molecular weight excluding hydrogens is 370 g/mol. The molecule has 0 saturated carbocycles. The number of amides is 1. The molecule has 0 spiro atoms. The molecule has 0 fully saturated rings. The zero-order chi connectivity index (χ0) is 20.5. The molecule has 28 heavy (non-hydrogen) atoms. The fourth-order valence-electron chi connectivity index (χ4n) is 2.97. The van der Waals surface area contributed by atoms with E-state index in [9.17, 15) is 9.59 Å². The third-order valence-corrected chi connectivity index (χ3v) is 6.00. The van der Waals surface area contributed by atoms with Crippen LogP contribution in [-0.2, 0) is 18.3 Å². The summed E-state index contributed by atoms with van der Waals surface area (Å²) in [5.74, 6) is 0.0283. The predicted molar refractivity (Wildman–Crippen MR) is 116 cm³/mol. The van der Waals surface area contributed by atoms with Crippen molar-refractivity contribution in [2.75, 3.05) is 6.54 Å². The van der Waals surface area contributed by atoms with Gasteiger partial charge in [-0.15, -0.1) is 0 Å². The average molecular weight is 402 g/mol. The number of thioether (sulfide) groups is 1. The number of carbonyl (C=O) groups is 1. The van der Waals surface area contributed by atoms with Crippen LogP contribution in [0.1, 0.15) is 56.4 Å². The molecule has 0 aliphatic carbocycles. The first kappa shape index (κ1) is 22.2. The molecule has 0 aliphatic rings. The van der Waals surface area contributed by atoms with E-state index in [4.69, 9.17) is 0 Å². The highest BCUT2D eigenvalue weighted by Gasteiger charge is 2.22. The van der Waals surface area contributed by atoms with Crippen LogP contribution in [0, 0.1) is 6.92 Å². The van der Waals surface area contributed by atoms with Gasteiger partial charge in [0.05, 0.1) is 5.25 Å². The van der Waals surface area contributed by atoms with Crippen LogP contribution in [0.4, 0.5) is 0 Å². The van der Waals surface area contributed by atoms with Gasteiger partial charge < -0.3 is 5.32 Å². The Kier molecular flexibility index (Phi) is 8.77. The van der Waals surface area contributed by atoms with Crippen molar-refractivity contribution in [2.45, 2.75) is 63.3 Å². The second-order valence-electron chi connectivity index (χ2n) is 7.02. The number of nitrogens with one attached hydrogen (secondary N) is 1. The Hall–Kier alpha value is -2.08. The van der Waals surface area contributed by atoms with E-state index in [-0.39, 0.29) is 16.7 Å². The Morgan fingerprint density at radius 1 is 1.21 bits per heavy atom. The van der Waals surface area contributed by atoms with E-state index in [0.29, 0.717) is 23.7 Å². The highest BCUT2D eigenvalue weighted by atomic mass is 32.2. The molecule has 1 amide bonds. The normalized spacial score (nSPS) is 12.0. The largest absolute Gasteiger partial charge is 0.355 e. The number of aromatic nitrogens is 2. The van der Waals surface area contributed by atoms with Gasteiger partial charge in [-0.05, 0) is 25.3 Å². The van der Waals surface area contributed by atoms with Gasteiger partial charge in [-0.2, -0.15) is 0 Å². The number of aryl methyl sites for hydroxylation is 1. The Morgan fingerprint density at radius 3 is 2.57 bits per heavy atom. The van der Waals surface area contributed by atoms with Gasteiger partial charge in [0.2, 0.25) is 5.91 Å². The minimum Gasteiger partial charge on any atom is -0.355 e. The fourth-order valence-corrected chi connectivity index (χ4v) is 4.20. The molecule has 152 valence electrons. The molecule has 0 radical (unpaired) electrons. The van der Waals surface area contributed by atoms with Crippen molar-refractivity contribution >= 4 is 17.7 Å². The molecule has 5 nitrogen and oxygen atoms in total. The second kappa shape index (κ2) is 11.1. The van der Waals surface area contributed by atoms with E-state index in [2.05, 4.69) is 24.1 Å². The number of hydrogen-bond acceptors (Lipinski definition) is 4. The maximum absolute atomic E-state index is 12.9. The lowest BCUT2D eigenvalue weighted by molar-refractivity contribution is -0.120. The van der Waals surface area contributed by atoms with Crippen LogP contribution in [0.2, 0.25) is 0 Å². The van der Waals surface area contributed by atoms with Gasteiger partial charge in [0.25, 0.3) is 5.56 Å². The first-order chi connectivity index (χ1) is 13.5. The topological polar surface area (TPSA) is 64.0 Å².